The van der Waals surface area contributed by atoms with E-state index in [-0.39, 0.29) is 17.8 Å². The van der Waals surface area contributed by atoms with Crippen molar-refractivity contribution in [3.05, 3.63) is 18.4 Å². The number of nitrogens with zero attached hydrogens (tertiary/aromatic N) is 3. The lowest BCUT2D eigenvalue weighted by molar-refractivity contribution is -0.144. The first-order chi connectivity index (χ1) is 9.61. The van der Waals surface area contributed by atoms with Crippen molar-refractivity contribution in [1.29, 1.82) is 0 Å². The average molecular weight is 295 g/mol. The summed E-state index contributed by atoms with van der Waals surface area (Å²) in [5.74, 6) is 1.29. The number of furan rings is 1. The van der Waals surface area contributed by atoms with Crippen molar-refractivity contribution in [2.75, 3.05) is 5.75 Å². The lowest BCUT2D eigenvalue weighted by atomic mass is 10.4. The molecule has 0 aliphatic carbocycles. The van der Waals surface area contributed by atoms with E-state index in [9.17, 15) is 4.79 Å². The summed E-state index contributed by atoms with van der Waals surface area (Å²) in [6.07, 6.45) is 1.49. The molecule has 0 unspecified atom stereocenters. The number of esters is 1. The van der Waals surface area contributed by atoms with Crippen LogP contribution < -0.4 is 0 Å². The molecule has 6 nitrogen and oxygen atoms in total. The van der Waals surface area contributed by atoms with Crippen molar-refractivity contribution in [3.63, 3.8) is 0 Å². The third-order valence-corrected chi connectivity index (χ3v) is 3.40. The lowest BCUT2D eigenvalue weighted by Gasteiger charge is -2.08. The normalized spacial score (nSPS) is 11.0. The van der Waals surface area contributed by atoms with Gasteiger partial charge in [-0.2, -0.15) is 0 Å². The summed E-state index contributed by atoms with van der Waals surface area (Å²) in [6.45, 7) is 6.34. The maximum atomic E-state index is 11.5. The molecule has 2 aromatic rings. The molecule has 2 rings (SSSR count). The zero-order valence-corrected chi connectivity index (χ0v) is 12.5. The van der Waals surface area contributed by atoms with E-state index in [1.165, 1.54) is 11.8 Å². The van der Waals surface area contributed by atoms with Gasteiger partial charge in [-0.05, 0) is 32.9 Å². The third-order valence-electron chi connectivity index (χ3n) is 2.46. The van der Waals surface area contributed by atoms with Gasteiger partial charge in [-0.25, -0.2) is 0 Å². The zero-order valence-electron chi connectivity index (χ0n) is 11.7. The van der Waals surface area contributed by atoms with Gasteiger partial charge in [0.2, 0.25) is 0 Å². The number of hydrogen-bond acceptors (Lipinski definition) is 6. The molecule has 0 atom stereocenters. The topological polar surface area (TPSA) is 70.2 Å². The Labute approximate surface area is 121 Å². The van der Waals surface area contributed by atoms with Gasteiger partial charge in [0.15, 0.2) is 16.7 Å². The molecule has 7 heteroatoms. The molecule has 0 N–H and O–H groups in total. The van der Waals surface area contributed by atoms with Crippen LogP contribution in [0.15, 0.2) is 28.0 Å². The molecule has 0 aliphatic rings. The molecular formula is C13H17N3O3S. The number of aromatic nitrogens is 3. The summed E-state index contributed by atoms with van der Waals surface area (Å²) in [4.78, 5) is 11.5. The minimum absolute atomic E-state index is 0.106. The van der Waals surface area contributed by atoms with Crippen LogP contribution in [0.5, 0.6) is 0 Å². The molecule has 20 heavy (non-hydrogen) atoms. The predicted octanol–water partition coefficient (Wildman–Crippen LogP) is 2.60. The van der Waals surface area contributed by atoms with Gasteiger partial charge in [-0.15, -0.1) is 10.2 Å². The highest BCUT2D eigenvalue weighted by molar-refractivity contribution is 7.99. The Kier molecular flexibility index (Phi) is 4.84. The van der Waals surface area contributed by atoms with E-state index >= 15 is 0 Å². The Morgan fingerprint density at radius 2 is 2.30 bits per heavy atom. The van der Waals surface area contributed by atoms with Gasteiger partial charge in [0, 0.05) is 6.54 Å². The molecule has 0 amide bonds. The fourth-order valence-corrected chi connectivity index (χ4v) is 2.47. The van der Waals surface area contributed by atoms with E-state index in [0.29, 0.717) is 23.3 Å². The van der Waals surface area contributed by atoms with Crippen molar-refractivity contribution in [3.8, 4) is 11.6 Å². The highest BCUT2D eigenvalue weighted by Crippen LogP contribution is 2.24. The van der Waals surface area contributed by atoms with E-state index < -0.39 is 0 Å². The minimum atomic E-state index is -0.254. The van der Waals surface area contributed by atoms with Crippen LogP contribution in [0.4, 0.5) is 0 Å². The average Bonchev–Trinajstić information content (AvgIpc) is 3.03. The van der Waals surface area contributed by atoms with Gasteiger partial charge in [0.05, 0.1) is 18.1 Å². The van der Waals surface area contributed by atoms with Gasteiger partial charge in [0.1, 0.15) is 0 Å². The van der Waals surface area contributed by atoms with Crippen molar-refractivity contribution in [1.82, 2.24) is 14.8 Å². The smallest absolute Gasteiger partial charge is 0.316 e. The molecule has 108 valence electrons. The van der Waals surface area contributed by atoms with E-state index in [4.69, 9.17) is 9.15 Å². The van der Waals surface area contributed by atoms with Gasteiger partial charge in [-0.1, -0.05) is 11.8 Å². The summed E-state index contributed by atoms with van der Waals surface area (Å²) in [7, 11) is 0. The lowest BCUT2D eigenvalue weighted by Crippen LogP contribution is -2.13. The SMILES string of the molecule is CCn1c(SCC(=O)OC(C)C)nnc1-c1ccco1. The molecule has 0 radical (unpaired) electrons. The first kappa shape index (κ1) is 14.6. The number of carbonyl (C=O) groups is 1. The second kappa shape index (κ2) is 6.60. The number of hydrogen-bond donors (Lipinski definition) is 0. The summed E-state index contributed by atoms with van der Waals surface area (Å²) in [6, 6.07) is 3.63. The molecule has 0 bridgehead atoms. The van der Waals surface area contributed by atoms with Crippen molar-refractivity contribution in [2.45, 2.75) is 38.6 Å². The van der Waals surface area contributed by atoms with Crippen LogP contribution in [0.25, 0.3) is 11.6 Å². The molecule has 2 heterocycles. The largest absolute Gasteiger partial charge is 0.462 e. The Hall–Kier alpha value is -1.76. The Balaban J connectivity index is 2.08. The highest BCUT2D eigenvalue weighted by atomic mass is 32.2. The van der Waals surface area contributed by atoms with E-state index in [1.54, 1.807) is 12.3 Å². The van der Waals surface area contributed by atoms with Gasteiger partial charge < -0.3 is 9.15 Å². The fraction of sp³-hybridized carbons (Fsp3) is 0.462. The summed E-state index contributed by atoms with van der Waals surface area (Å²) < 4.78 is 12.3. The second-order valence-corrected chi connectivity index (χ2v) is 5.30. The predicted molar refractivity (Wildman–Crippen MR) is 75.4 cm³/mol. The molecule has 0 saturated heterocycles. The molecule has 0 saturated carbocycles. The van der Waals surface area contributed by atoms with E-state index in [1.807, 2.05) is 31.4 Å². The highest BCUT2D eigenvalue weighted by Gasteiger charge is 2.16. The summed E-state index contributed by atoms with van der Waals surface area (Å²) in [5, 5.41) is 8.90. The summed E-state index contributed by atoms with van der Waals surface area (Å²) in [5.41, 5.74) is 0. The summed E-state index contributed by atoms with van der Waals surface area (Å²) >= 11 is 1.31. The first-order valence-corrected chi connectivity index (χ1v) is 7.39. The maximum absolute atomic E-state index is 11.5. The van der Waals surface area contributed by atoms with Gasteiger partial charge >= 0.3 is 5.97 Å². The molecule has 2 aromatic heterocycles. The van der Waals surface area contributed by atoms with Crippen LogP contribution >= 0.6 is 11.8 Å². The third kappa shape index (κ3) is 3.41. The Bertz CT molecular complexity index is 563. The second-order valence-electron chi connectivity index (χ2n) is 4.36. The standard InChI is InChI=1S/C13H17N3O3S/c1-4-16-12(10-6-5-7-18-10)14-15-13(16)20-8-11(17)19-9(2)3/h5-7,9H,4,8H2,1-3H3. The van der Waals surface area contributed by atoms with Crippen LogP contribution in [0.1, 0.15) is 20.8 Å². The number of carbonyl (C=O) groups excluding carboxylic acids is 1. The zero-order chi connectivity index (χ0) is 14.5. The van der Waals surface area contributed by atoms with Crippen LogP contribution in [0.3, 0.4) is 0 Å². The Morgan fingerprint density at radius 1 is 1.50 bits per heavy atom. The number of rotatable bonds is 6. The van der Waals surface area contributed by atoms with Crippen molar-refractivity contribution >= 4 is 17.7 Å². The minimum Gasteiger partial charge on any atom is -0.462 e. The molecular weight excluding hydrogens is 278 g/mol. The maximum Gasteiger partial charge on any atom is 0.316 e. The van der Waals surface area contributed by atoms with Crippen LogP contribution in [-0.4, -0.2) is 32.6 Å². The van der Waals surface area contributed by atoms with Crippen LogP contribution in [-0.2, 0) is 16.1 Å². The van der Waals surface area contributed by atoms with Crippen molar-refractivity contribution < 1.29 is 13.9 Å². The Morgan fingerprint density at radius 3 is 2.90 bits per heavy atom. The van der Waals surface area contributed by atoms with E-state index in [0.717, 1.165) is 0 Å². The van der Waals surface area contributed by atoms with Crippen LogP contribution in [0, 0.1) is 0 Å². The molecule has 0 aromatic carbocycles. The molecule has 0 aliphatic heterocycles. The molecule has 0 fully saturated rings. The van der Waals surface area contributed by atoms with Gasteiger partial charge in [-0.3, -0.25) is 9.36 Å². The number of ether oxygens (including phenoxy) is 1. The number of thioether (sulfide) groups is 1. The molecule has 0 spiro atoms. The monoisotopic (exact) mass is 295 g/mol. The fourth-order valence-electron chi connectivity index (χ4n) is 1.69. The van der Waals surface area contributed by atoms with Crippen LogP contribution in [0.2, 0.25) is 0 Å². The van der Waals surface area contributed by atoms with Gasteiger partial charge in [0.25, 0.3) is 0 Å². The quantitative estimate of drug-likeness (QED) is 0.602. The first-order valence-electron chi connectivity index (χ1n) is 6.41. The van der Waals surface area contributed by atoms with E-state index in [2.05, 4.69) is 10.2 Å². The van der Waals surface area contributed by atoms with Crippen molar-refractivity contribution in [2.24, 2.45) is 0 Å².